The third-order valence-corrected chi connectivity index (χ3v) is 7.65. The standard InChI is InChI=1S/C25H23F2N5O3S.C2HF3O2/c1-35-25-20(31-36(33,34)22-5-3-2-4-18(22)26)14-16(15-30-25)17-6-7-19-23(24(17)27)21(8-9-29-19)32-12-10-28-11-13-32;3-2(4,5)1(6)7/h2-9,14-15,28,31H,10-13H2,1H3;(H,6,7). The Morgan fingerprint density at radius 3 is 2.37 bits per heavy atom. The molecule has 0 spiro atoms. The molecule has 0 bridgehead atoms. The van der Waals surface area contributed by atoms with Crippen molar-refractivity contribution in [3.63, 3.8) is 0 Å². The van der Waals surface area contributed by atoms with E-state index in [9.17, 15) is 26.0 Å². The predicted octanol–water partition coefficient (Wildman–Crippen LogP) is 4.43. The third-order valence-electron chi connectivity index (χ3n) is 6.25. The van der Waals surface area contributed by atoms with E-state index in [0.29, 0.717) is 16.5 Å². The van der Waals surface area contributed by atoms with Crippen LogP contribution in [0.4, 0.5) is 33.3 Å². The van der Waals surface area contributed by atoms with Gasteiger partial charge in [0.1, 0.15) is 22.2 Å². The van der Waals surface area contributed by atoms with Crippen LogP contribution in [-0.4, -0.2) is 68.9 Å². The number of anilines is 2. The normalized spacial score (nSPS) is 13.7. The molecule has 1 saturated heterocycles. The second-order valence-corrected chi connectivity index (χ2v) is 10.7. The number of carbonyl (C=O) groups is 1. The monoisotopic (exact) mass is 625 g/mol. The van der Waals surface area contributed by atoms with Gasteiger partial charge < -0.3 is 20.1 Å². The van der Waals surface area contributed by atoms with Crippen molar-refractivity contribution in [3.05, 3.63) is 72.6 Å². The summed E-state index contributed by atoms with van der Waals surface area (Å²) in [6.45, 7) is 3.04. The minimum absolute atomic E-state index is 0.0389. The van der Waals surface area contributed by atoms with Crippen LogP contribution in [0.2, 0.25) is 0 Å². The van der Waals surface area contributed by atoms with Gasteiger partial charge >= 0.3 is 12.1 Å². The fourth-order valence-electron chi connectivity index (χ4n) is 4.28. The van der Waals surface area contributed by atoms with Crippen LogP contribution in [-0.2, 0) is 14.8 Å². The molecule has 1 aliphatic heterocycles. The Morgan fingerprint density at radius 2 is 1.74 bits per heavy atom. The van der Waals surface area contributed by atoms with E-state index in [1.165, 1.54) is 31.5 Å². The number of nitrogens with zero attached hydrogens (tertiary/aromatic N) is 3. The zero-order valence-electron chi connectivity index (χ0n) is 22.3. The average Bonchev–Trinajstić information content (AvgIpc) is 2.97. The zero-order chi connectivity index (χ0) is 31.4. The van der Waals surface area contributed by atoms with E-state index in [2.05, 4.69) is 24.9 Å². The molecular weight excluding hydrogens is 601 g/mol. The van der Waals surface area contributed by atoms with Crippen LogP contribution in [0.5, 0.6) is 5.88 Å². The third kappa shape index (κ3) is 7.09. The summed E-state index contributed by atoms with van der Waals surface area (Å²) in [5.74, 6) is -4.19. The number of methoxy groups -OCH3 is 1. The molecule has 1 aliphatic rings. The average molecular weight is 626 g/mol. The molecule has 0 atom stereocenters. The van der Waals surface area contributed by atoms with E-state index in [-0.39, 0.29) is 17.1 Å². The van der Waals surface area contributed by atoms with Gasteiger partial charge in [-0.15, -0.1) is 0 Å². The summed E-state index contributed by atoms with van der Waals surface area (Å²) < 4.78 is 95.2. The quantitative estimate of drug-likeness (QED) is 0.266. The van der Waals surface area contributed by atoms with Gasteiger partial charge in [0.25, 0.3) is 10.0 Å². The molecule has 43 heavy (non-hydrogen) atoms. The molecule has 3 heterocycles. The number of ether oxygens (including phenoxy) is 1. The number of carboxylic acid groups (broad SMARTS) is 1. The molecule has 0 saturated carbocycles. The predicted molar refractivity (Wildman–Crippen MR) is 147 cm³/mol. The Kier molecular flexibility index (Phi) is 9.30. The molecular formula is C27H24F5N5O5S. The van der Waals surface area contributed by atoms with Gasteiger partial charge in [-0.25, -0.2) is 27.0 Å². The first-order valence-corrected chi connectivity index (χ1v) is 14.0. The molecule has 2 aromatic heterocycles. The number of piperazine rings is 1. The van der Waals surface area contributed by atoms with E-state index in [4.69, 9.17) is 14.6 Å². The van der Waals surface area contributed by atoms with Crippen molar-refractivity contribution in [2.24, 2.45) is 0 Å². The van der Waals surface area contributed by atoms with Crippen LogP contribution < -0.4 is 19.7 Å². The van der Waals surface area contributed by atoms with Gasteiger partial charge in [0.2, 0.25) is 5.88 Å². The molecule has 0 radical (unpaired) electrons. The number of rotatable bonds is 6. The fraction of sp³-hybridized carbons (Fsp3) is 0.222. The van der Waals surface area contributed by atoms with Crippen molar-refractivity contribution in [1.82, 2.24) is 15.3 Å². The highest BCUT2D eigenvalue weighted by Gasteiger charge is 2.38. The van der Waals surface area contributed by atoms with Crippen molar-refractivity contribution in [1.29, 1.82) is 0 Å². The number of hydrogen-bond donors (Lipinski definition) is 3. The van der Waals surface area contributed by atoms with Crippen LogP contribution in [0.3, 0.4) is 0 Å². The molecule has 0 amide bonds. The number of nitrogens with one attached hydrogen (secondary N) is 2. The number of pyridine rings is 2. The van der Waals surface area contributed by atoms with E-state index in [1.807, 2.05) is 0 Å². The van der Waals surface area contributed by atoms with Crippen LogP contribution in [0.1, 0.15) is 0 Å². The molecule has 16 heteroatoms. The molecule has 10 nitrogen and oxygen atoms in total. The largest absolute Gasteiger partial charge is 0.490 e. The first-order chi connectivity index (χ1) is 20.3. The maximum atomic E-state index is 16.0. The number of sulfonamides is 1. The summed E-state index contributed by atoms with van der Waals surface area (Å²) in [6.07, 6.45) is -2.03. The maximum Gasteiger partial charge on any atom is 0.490 e. The lowest BCUT2D eigenvalue weighted by Crippen LogP contribution is -2.43. The van der Waals surface area contributed by atoms with Gasteiger partial charge in [0.05, 0.1) is 23.7 Å². The van der Waals surface area contributed by atoms with Crippen LogP contribution in [0.25, 0.3) is 22.0 Å². The van der Waals surface area contributed by atoms with Crippen molar-refractivity contribution >= 4 is 38.3 Å². The molecule has 3 N–H and O–H groups in total. The lowest BCUT2D eigenvalue weighted by molar-refractivity contribution is -0.192. The summed E-state index contributed by atoms with van der Waals surface area (Å²) in [5.41, 5.74) is 1.73. The minimum atomic E-state index is -5.08. The van der Waals surface area contributed by atoms with Crippen molar-refractivity contribution in [3.8, 4) is 17.0 Å². The number of aromatic nitrogens is 2. The fourth-order valence-corrected chi connectivity index (χ4v) is 5.41. The zero-order valence-corrected chi connectivity index (χ0v) is 23.1. The second kappa shape index (κ2) is 12.7. The van der Waals surface area contributed by atoms with E-state index in [0.717, 1.165) is 44.0 Å². The Bertz CT molecular complexity index is 1750. The summed E-state index contributed by atoms with van der Waals surface area (Å²) in [6, 6.07) is 11.5. The number of fused-ring (bicyclic) bond motifs is 1. The summed E-state index contributed by atoms with van der Waals surface area (Å²) in [7, 11) is -2.98. The highest BCUT2D eigenvalue weighted by Crippen LogP contribution is 2.36. The number of carboxylic acids is 1. The lowest BCUT2D eigenvalue weighted by Gasteiger charge is -2.30. The molecule has 2 aromatic carbocycles. The molecule has 1 fully saturated rings. The second-order valence-electron chi connectivity index (χ2n) is 9.01. The Balaban J connectivity index is 0.000000541. The van der Waals surface area contributed by atoms with Gasteiger partial charge in [0, 0.05) is 49.7 Å². The van der Waals surface area contributed by atoms with Crippen molar-refractivity contribution in [2.45, 2.75) is 11.1 Å². The molecule has 5 rings (SSSR count). The SMILES string of the molecule is COc1ncc(-c2ccc3nccc(N4CCNCC4)c3c2F)cc1NS(=O)(=O)c1ccccc1F.O=C(O)C(F)(F)F. The van der Waals surface area contributed by atoms with E-state index >= 15 is 4.39 Å². The summed E-state index contributed by atoms with van der Waals surface area (Å²) >= 11 is 0. The van der Waals surface area contributed by atoms with Gasteiger partial charge in [0.15, 0.2) is 0 Å². The number of hydrogen-bond acceptors (Lipinski definition) is 8. The van der Waals surface area contributed by atoms with Gasteiger partial charge in [-0.2, -0.15) is 13.2 Å². The molecule has 4 aromatic rings. The maximum absolute atomic E-state index is 16.0. The summed E-state index contributed by atoms with van der Waals surface area (Å²) in [4.78, 5) is 19.0. The van der Waals surface area contributed by atoms with Crippen molar-refractivity contribution in [2.75, 3.05) is 42.9 Å². The molecule has 228 valence electrons. The molecule has 0 aliphatic carbocycles. The molecule has 0 unspecified atom stereocenters. The first kappa shape index (κ1) is 31.4. The number of halogens is 5. The Morgan fingerprint density at radius 1 is 1.07 bits per heavy atom. The van der Waals surface area contributed by atoms with Crippen LogP contribution in [0, 0.1) is 11.6 Å². The van der Waals surface area contributed by atoms with Crippen LogP contribution >= 0.6 is 0 Å². The Labute approximate surface area is 242 Å². The number of alkyl halides is 3. The van der Waals surface area contributed by atoms with Crippen LogP contribution in [0.15, 0.2) is 65.8 Å². The number of benzene rings is 2. The van der Waals surface area contributed by atoms with E-state index < -0.39 is 38.7 Å². The highest BCUT2D eigenvalue weighted by molar-refractivity contribution is 7.92. The van der Waals surface area contributed by atoms with Gasteiger partial charge in [-0.3, -0.25) is 9.71 Å². The lowest BCUT2D eigenvalue weighted by atomic mass is 10.0. The summed E-state index contributed by atoms with van der Waals surface area (Å²) in [5, 5.41) is 10.8. The van der Waals surface area contributed by atoms with Gasteiger partial charge in [-0.1, -0.05) is 12.1 Å². The minimum Gasteiger partial charge on any atom is -0.480 e. The number of aliphatic carboxylic acids is 1. The van der Waals surface area contributed by atoms with Gasteiger partial charge in [-0.05, 0) is 36.4 Å². The topological polar surface area (TPSA) is 134 Å². The first-order valence-electron chi connectivity index (χ1n) is 12.5. The highest BCUT2D eigenvalue weighted by atomic mass is 32.2. The Hall–Kier alpha value is -4.57. The van der Waals surface area contributed by atoms with Crippen molar-refractivity contribution < 1.29 is 45.0 Å². The smallest absolute Gasteiger partial charge is 0.480 e. The van der Waals surface area contributed by atoms with E-state index in [1.54, 1.807) is 24.4 Å².